The summed E-state index contributed by atoms with van der Waals surface area (Å²) in [5.41, 5.74) is 3.30. The highest BCUT2D eigenvalue weighted by Crippen LogP contribution is 2.34. The van der Waals surface area contributed by atoms with Crippen LogP contribution in [0.25, 0.3) is 0 Å². The zero-order valence-corrected chi connectivity index (χ0v) is 23.4. The minimum atomic E-state index is -0.673. The minimum absolute atomic E-state index is 0.00600. The van der Waals surface area contributed by atoms with Crippen LogP contribution in [0.2, 0.25) is 0 Å². The van der Waals surface area contributed by atoms with Crippen molar-refractivity contribution in [2.75, 3.05) is 37.6 Å². The highest BCUT2D eigenvalue weighted by molar-refractivity contribution is 6.00. The molecule has 0 aliphatic carbocycles. The number of amides is 2. The maximum atomic E-state index is 12.7. The fraction of sp³-hybridized carbons (Fsp3) is 0.323. The summed E-state index contributed by atoms with van der Waals surface area (Å²) in [6, 6.07) is 18.3. The smallest absolute Gasteiger partial charge is 0.311 e. The average Bonchev–Trinajstić information content (AvgIpc) is 3.33. The molecule has 1 N–H and O–H groups in total. The van der Waals surface area contributed by atoms with Crippen LogP contribution in [0.1, 0.15) is 37.3 Å². The van der Waals surface area contributed by atoms with Gasteiger partial charge >= 0.3 is 5.97 Å². The number of hydrogen-bond acceptors (Lipinski definition) is 7. The molecule has 3 aromatic carbocycles. The van der Waals surface area contributed by atoms with E-state index >= 15 is 0 Å². The first kappa shape index (κ1) is 28.5. The zero-order chi connectivity index (χ0) is 28.8. The SMILES string of the molecule is COc1ccc(NC(=O)COC(=O)[C@@H]2CC(=O)N(c3ccc(Oc4cc(C)ccc4C(C)C)cc3)C2)c(OC)c1. The Hall–Kier alpha value is -4.53. The predicted molar refractivity (Wildman–Crippen MR) is 151 cm³/mol. The van der Waals surface area contributed by atoms with E-state index in [1.807, 2.05) is 13.0 Å². The van der Waals surface area contributed by atoms with Crippen molar-refractivity contribution in [3.63, 3.8) is 0 Å². The lowest BCUT2D eigenvalue weighted by atomic mass is 10.0. The van der Waals surface area contributed by atoms with E-state index in [0.29, 0.717) is 34.5 Å². The summed E-state index contributed by atoms with van der Waals surface area (Å²) in [6.07, 6.45) is 0.00600. The maximum Gasteiger partial charge on any atom is 0.311 e. The second kappa shape index (κ2) is 12.5. The van der Waals surface area contributed by atoms with Crippen molar-refractivity contribution in [2.45, 2.75) is 33.1 Å². The molecule has 9 heteroatoms. The minimum Gasteiger partial charge on any atom is -0.497 e. The van der Waals surface area contributed by atoms with E-state index in [2.05, 4.69) is 31.3 Å². The fourth-order valence-electron chi connectivity index (χ4n) is 4.49. The number of nitrogens with one attached hydrogen (secondary N) is 1. The first-order valence-electron chi connectivity index (χ1n) is 13.1. The van der Waals surface area contributed by atoms with Gasteiger partial charge < -0.3 is 29.2 Å². The highest BCUT2D eigenvalue weighted by atomic mass is 16.5. The van der Waals surface area contributed by atoms with Crippen LogP contribution in [0, 0.1) is 12.8 Å². The molecule has 1 fully saturated rings. The highest BCUT2D eigenvalue weighted by Gasteiger charge is 2.36. The van der Waals surface area contributed by atoms with Crippen LogP contribution in [0.5, 0.6) is 23.0 Å². The van der Waals surface area contributed by atoms with E-state index in [1.165, 1.54) is 14.2 Å². The number of esters is 1. The molecule has 1 aliphatic rings. The van der Waals surface area contributed by atoms with Crippen molar-refractivity contribution in [1.82, 2.24) is 0 Å². The third kappa shape index (κ3) is 6.72. The molecule has 0 radical (unpaired) electrons. The van der Waals surface area contributed by atoms with Crippen molar-refractivity contribution >= 4 is 29.2 Å². The standard InChI is InChI=1S/C31H34N2O7/c1-19(2)25-12-6-20(3)14-27(25)40-23-9-7-22(8-10-23)33-17-21(15-30(33)35)31(36)39-18-29(34)32-26-13-11-24(37-4)16-28(26)38-5/h6-14,16,19,21H,15,17-18H2,1-5H3,(H,32,34)/t21-/m1/s1. The number of carbonyl (C=O) groups excluding carboxylic acids is 3. The number of hydrogen-bond donors (Lipinski definition) is 1. The molecule has 4 rings (SSSR count). The van der Waals surface area contributed by atoms with Gasteiger partial charge in [0.2, 0.25) is 5.91 Å². The molecule has 40 heavy (non-hydrogen) atoms. The molecule has 3 aromatic rings. The van der Waals surface area contributed by atoms with Gasteiger partial charge in [0.15, 0.2) is 6.61 Å². The van der Waals surface area contributed by atoms with Gasteiger partial charge in [-0.05, 0) is 66.4 Å². The van der Waals surface area contributed by atoms with Crippen LogP contribution in [-0.4, -0.2) is 45.2 Å². The summed E-state index contributed by atoms with van der Waals surface area (Å²) in [7, 11) is 3.00. The Morgan fingerprint density at radius 2 is 1.68 bits per heavy atom. The fourth-order valence-corrected chi connectivity index (χ4v) is 4.49. The van der Waals surface area contributed by atoms with E-state index in [-0.39, 0.29) is 18.9 Å². The van der Waals surface area contributed by atoms with Crippen molar-refractivity contribution in [2.24, 2.45) is 5.92 Å². The van der Waals surface area contributed by atoms with E-state index in [1.54, 1.807) is 47.4 Å². The molecule has 9 nitrogen and oxygen atoms in total. The van der Waals surface area contributed by atoms with Gasteiger partial charge in [0.25, 0.3) is 5.91 Å². The molecule has 0 bridgehead atoms. The quantitative estimate of drug-likeness (QED) is 0.337. The zero-order valence-electron chi connectivity index (χ0n) is 23.4. The van der Waals surface area contributed by atoms with Crippen molar-refractivity contribution in [3.05, 3.63) is 71.8 Å². The Balaban J connectivity index is 1.32. The molecule has 0 unspecified atom stereocenters. The molecule has 1 aliphatic heterocycles. The molecule has 1 atom stereocenters. The predicted octanol–water partition coefficient (Wildman–Crippen LogP) is 5.46. The van der Waals surface area contributed by atoms with Gasteiger partial charge in [0.05, 0.1) is 25.8 Å². The van der Waals surface area contributed by atoms with Gasteiger partial charge in [-0.1, -0.05) is 26.0 Å². The first-order chi connectivity index (χ1) is 19.2. The van der Waals surface area contributed by atoms with Crippen LogP contribution in [-0.2, 0) is 19.1 Å². The van der Waals surface area contributed by atoms with Crippen LogP contribution in [0.4, 0.5) is 11.4 Å². The Bertz CT molecular complexity index is 1380. The third-order valence-electron chi connectivity index (χ3n) is 6.65. The van der Waals surface area contributed by atoms with Gasteiger partial charge in [-0.15, -0.1) is 0 Å². The Morgan fingerprint density at radius 3 is 2.35 bits per heavy atom. The molecule has 1 saturated heterocycles. The number of rotatable bonds is 10. The lowest BCUT2D eigenvalue weighted by molar-refractivity contribution is -0.151. The van der Waals surface area contributed by atoms with E-state index in [9.17, 15) is 14.4 Å². The second-order valence-corrected chi connectivity index (χ2v) is 9.92. The van der Waals surface area contributed by atoms with E-state index < -0.39 is 24.4 Å². The third-order valence-corrected chi connectivity index (χ3v) is 6.65. The molecular formula is C31H34N2O7. The summed E-state index contributed by atoms with van der Waals surface area (Å²) in [4.78, 5) is 39.3. The molecule has 210 valence electrons. The lowest BCUT2D eigenvalue weighted by Gasteiger charge is -2.18. The molecule has 2 amide bonds. The summed E-state index contributed by atoms with van der Waals surface area (Å²) in [6.45, 7) is 5.94. The first-order valence-corrected chi connectivity index (χ1v) is 13.1. The Kier molecular flexibility index (Phi) is 8.93. The number of nitrogens with zero attached hydrogens (tertiary/aromatic N) is 1. The monoisotopic (exact) mass is 546 g/mol. The largest absolute Gasteiger partial charge is 0.497 e. The van der Waals surface area contributed by atoms with Crippen molar-refractivity contribution in [3.8, 4) is 23.0 Å². The van der Waals surface area contributed by atoms with Gasteiger partial charge in [-0.3, -0.25) is 14.4 Å². The molecule has 0 spiro atoms. The molecule has 1 heterocycles. The Labute approximate surface area is 234 Å². The van der Waals surface area contributed by atoms with E-state index in [0.717, 1.165) is 16.9 Å². The van der Waals surface area contributed by atoms with E-state index in [4.69, 9.17) is 18.9 Å². The number of carbonyl (C=O) groups is 3. The van der Waals surface area contributed by atoms with Gasteiger partial charge in [-0.25, -0.2) is 0 Å². The molecule has 0 aromatic heterocycles. The van der Waals surface area contributed by atoms with Gasteiger partial charge in [0.1, 0.15) is 23.0 Å². The van der Waals surface area contributed by atoms with Crippen LogP contribution in [0.15, 0.2) is 60.7 Å². The topological polar surface area (TPSA) is 103 Å². The molecule has 0 saturated carbocycles. The second-order valence-electron chi connectivity index (χ2n) is 9.92. The summed E-state index contributed by atoms with van der Waals surface area (Å²) >= 11 is 0. The van der Waals surface area contributed by atoms with Crippen molar-refractivity contribution < 1.29 is 33.3 Å². The van der Waals surface area contributed by atoms with Crippen LogP contribution >= 0.6 is 0 Å². The number of methoxy groups -OCH3 is 2. The van der Waals surface area contributed by atoms with Gasteiger partial charge in [0, 0.05) is 24.7 Å². The number of anilines is 2. The lowest BCUT2D eigenvalue weighted by Crippen LogP contribution is -2.28. The summed E-state index contributed by atoms with van der Waals surface area (Å²) in [5, 5.41) is 2.65. The Morgan fingerprint density at radius 1 is 0.950 bits per heavy atom. The van der Waals surface area contributed by atoms with Crippen LogP contribution in [0.3, 0.4) is 0 Å². The number of benzene rings is 3. The maximum absolute atomic E-state index is 12.7. The average molecular weight is 547 g/mol. The summed E-state index contributed by atoms with van der Waals surface area (Å²) in [5.74, 6) is 0.755. The number of ether oxygens (including phenoxy) is 4. The van der Waals surface area contributed by atoms with Gasteiger partial charge in [-0.2, -0.15) is 0 Å². The molecular weight excluding hydrogens is 512 g/mol. The van der Waals surface area contributed by atoms with Crippen LogP contribution < -0.4 is 24.4 Å². The summed E-state index contributed by atoms with van der Waals surface area (Å²) < 4.78 is 21.8. The normalized spacial score (nSPS) is 14.7. The van der Waals surface area contributed by atoms with Crippen molar-refractivity contribution in [1.29, 1.82) is 0 Å². The number of aryl methyl sites for hydroxylation is 1.